The van der Waals surface area contributed by atoms with Gasteiger partial charge in [0.1, 0.15) is 5.76 Å². The van der Waals surface area contributed by atoms with Gasteiger partial charge in [-0.15, -0.1) is 0 Å². The third-order valence-electron chi connectivity index (χ3n) is 1.75. The van der Waals surface area contributed by atoms with Gasteiger partial charge in [-0.3, -0.25) is 0 Å². The van der Waals surface area contributed by atoms with Gasteiger partial charge in [0.2, 0.25) is 0 Å². The van der Waals surface area contributed by atoms with Crippen molar-refractivity contribution in [3.63, 3.8) is 0 Å². The van der Waals surface area contributed by atoms with Crippen molar-refractivity contribution in [2.24, 2.45) is 5.41 Å². The van der Waals surface area contributed by atoms with E-state index in [2.05, 4.69) is 25.8 Å². The Morgan fingerprint density at radius 2 is 1.83 bits per heavy atom. The van der Waals surface area contributed by atoms with E-state index in [0.717, 1.165) is 23.8 Å². The number of nitrogens with zero attached hydrogens (tertiary/aromatic N) is 1. The zero-order valence-electron chi connectivity index (χ0n) is 8.56. The lowest BCUT2D eigenvalue weighted by Crippen LogP contribution is -2.09. The summed E-state index contributed by atoms with van der Waals surface area (Å²) in [7, 11) is 0. The number of hydrogen-bond donors (Lipinski definition) is 0. The molecule has 0 bridgehead atoms. The quantitative estimate of drug-likeness (QED) is 0.642. The monoisotopic (exact) mass is 167 g/mol. The van der Waals surface area contributed by atoms with Crippen LogP contribution in [-0.2, 0) is 6.42 Å². The Hall–Kier alpha value is -0.790. The molecule has 0 fully saturated rings. The van der Waals surface area contributed by atoms with Gasteiger partial charge in [0.05, 0.1) is 5.69 Å². The van der Waals surface area contributed by atoms with Gasteiger partial charge in [0.15, 0.2) is 5.89 Å². The number of oxazole rings is 1. The maximum Gasteiger partial charge on any atom is 0.195 e. The molecule has 0 spiro atoms. The lowest BCUT2D eigenvalue weighted by molar-refractivity contribution is 0.349. The fourth-order valence-electron chi connectivity index (χ4n) is 1.07. The minimum absolute atomic E-state index is 0.254. The molecular formula is C10H17NO. The lowest BCUT2D eigenvalue weighted by Gasteiger charge is -2.14. The molecule has 0 saturated carbocycles. The van der Waals surface area contributed by atoms with Gasteiger partial charge < -0.3 is 4.42 Å². The van der Waals surface area contributed by atoms with Crippen molar-refractivity contribution in [3.8, 4) is 0 Å². The maximum atomic E-state index is 5.48. The molecule has 68 valence electrons. The molecule has 0 atom stereocenters. The standard InChI is InChI=1S/C10H17NO/c1-7-8(2)12-9(11-7)6-10(3,4)5/h6H2,1-5H3. The summed E-state index contributed by atoms with van der Waals surface area (Å²) in [6.45, 7) is 10.5. The number of rotatable bonds is 1. The smallest absolute Gasteiger partial charge is 0.195 e. The predicted molar refractivity (Wildman–Crippen MR) is 49.1 cm³/mol. The average Bonchev–Trinajstić information content (AvgIpc) is 2.07. The number of aromatic nitrogens is 1. The lowest BCUT2D eigenvalue weighted by atomic mass is 9.92. The second kappa shape index (κ2) is 2.92. The largest absolute Gasteiger partial charge is 0.446 e. The van der Waals surface area contributed by atoms with Gasteiger partial charge in [0.25, 0.3) is 0 Å². The fraction of sp³-hybridized carbons (Fsp3) is 0.700. The Balaban J connectivity index is 2.77. The van der Waals surface area contributed by atoms with E-state index in [9.17, 15) is 0 Å². The van der Waals surface area contributed by atoms with Crippen LogP contribution in [0, 0.1) is 19.3 Å². The second-order valence-corrected chi connectivity index (χ2v) is 4.49. The van der Waals surface area contributed by atoms with Crippen molar-refractivity contribution in [2.75, 3.05) is 0 Å². The topological polar surface area (TPSA) is 26.0 Å². The molecular weight excluding hydrogens is 150 g/mol. The molecule has 12 heavy (non-hydrogen) atoms. The highest BCUT2D eigenvalue weighted by atomic mass is 16.4. The maximum absolute atomic E-state index is 5.48. The number of hydrogen-bond acceptors (Lipinski definition) is 2. The zero-order valence-corrected chi connectivity index (χ0v) is 8.56. The van der Waals surface area contributed by atoms with E-state index in [0.29, 0.717) is 0 Å². The van der Waals surface area contributed by atoms with Crippen LogP contribution in [0.3, 0.4) is 0 Å². The molecule has 0 N–H and O–H groups in total. The van der Waals surface area contributed by atoms with E-state index in [4.69, 9.17) is 4.42 Å². The van der Waals surface area contributed by atoms with Crippen LogP contribution in [0.1, 0.15) is 38.1 Å². The zero-order chi connectivity index (χ0) is 9.35. The van der Waals surface area contributed by atoms with Gasteiger partial charge >= 0.3 is 0 Å². The highest BCUT2D eigenvalue weighted by Gasteiger charge is 2.15. The van der Waals surface area contributed by atoms with Crippen molar-refractivity contribution >= 4 is 0 Å². The Morgan fingerprint density at radius 3 is 2.17 bits per heavy atom. The summed E-state index contributed by atoms with van der Waals surface area (Å²) >= 11 is 0. The molecule has 0 radical (unpaired) electrons. The molecule has 1 aromatic rings. The molecule has 1 aromatic heterocycles. The molecule has 0 aliphatic rings. The third-order valence-corrected chi connectivity index (χ3v) is 1.75. The van der Waals surface area contributed by atoms with Crippen LogP contribution in [-0.4, -0.2) is 4.98 Å². The normalized spacial score (nSPS) is 12.1. The second-order valence-electron chi connectivity index (χ2n) is 4.49. The summed E-state index contributed by atoms with van der Waals surface area (Å²) in [5.74, 6) is 1.80. The number of aryl methyl sites for hydroxylation is 2. The summed E-state index contributed by atoms with van der Waals surface area (Å²) in [5, 5.41) is 0. The fourth-order valence-corrected chi connectivity index (χ4v) is 1.07. The van der Waals surface area contributed by atoms with Crippen molar-refractivity contribution in [1.82, 2.24) is 4.98 Å². The molecule has 2 nitrogen and oxygen atoms in total. The van der Waals surface area contributed by atoms with E-state index >= 15 is 0 Å². The first kappa shape index (κ1) is 9.30. The molecule has 0 aliphatic heterocycles. The summed E-state index contributed by atoms with van der Waals surface area (Å²) in [6.07, 6.45) is 0.904. The van der Waals surface area contributed by atoms with Crippen LogP contribution in [0.15, 0.2) is 4.42 Å². The molecule has 1 rings (SSSR count). The van der Waals surface area contributed by atoms with Crippen LogP contribution >= 0.6 is 0 Å². The van der Waals surface area contributed by atoms with Crippen LogP contribution < -0.4 is 0 Å². The van der Waals surface area contributed by atoms with Gasteiger partial charge in [-0.05, 0) is 19.3 Å². The highest BCUT2D eigenvalue weighted by molar-refractivity contribution is 5.05. The predicted octanol–water partition coefficient (Wildman–Crippen LogP) is 2.88. The average molecular weight is 167 g/mol. The molecule has 0 aromatic carbocycles. The molecule has 2 heteroatoms. The van der Waals surface area contributed by atoms with Crippen LogP contribution in [0.5, 0.6) is 0 Å². The van der Waals surface area contributed by atoms with Crippen molar-refractivity contribution in [3.05, 3.63) is 17.3 Å². The van der Waals surface area contributed by atoms with E-state index in [1.54, 1.807) is 0 Å². The van der Waals surface area contributed by atoms with Crippen LogP contribution in [0.4, 0.5) is 0 Å². The first-order valence-corrected chi connectivity index (χ1v) is 4.31. The third kappa shape index (κ3) is 2.36. The van der Waals surface area contributed by atoms with Crippen molar-refractivity contribution in [2.45, 2.75) is 41.0 Å². The van der Waals surface area contributed by atoms with E-state index in [-0.39, 0.29) is 5.41 Å². The molecule has 0 unspecified atom stereocenters. The van der Waals surface area contributed by atoms with Gasteiger partial charge in [0, 0.05) is 6.42 Å². The van der Waals surface area contributed by atoms with Gasteiger partial charge in [-0.25, -0.2) is 4.98 Å². The van der Waals surface area contributed by atoms with E-state index in [1.807, 2.05) is 13.8 Å². The summed E-state index contributed by atoms with van der Waals surface area (Å²) < 4.78 is 5.48. The highest BCUT2D eigenvalue weighted by Crippen LogP contribution is 2.21. The van der Waals surface area contributed by atoms with Crippen molar-refractivity contribution in [1.29, 1.82) is 0 Å². The van der Waals surface area contributed by atoms with Crippen LogP contribution in [0.2, 0.25) is 0 Å². The van der Waals surface area contributed by atoms with Crippen molar-refractivity contribution < 1.29 is 4.42 Å². The first-order chi connectivity index (χ1) is 5.38. The van der Waals surface area contributed by atoms with E-state index < -0.39 is 0 Å². The summed E-state index contributed by atoms with van der Waals surface area (Å²) in [4.78, 5) is 4.33. The first-order valence-electron chi connectivity index (χ1n) is 4.31. The summed E-state index contributed by atoms with van der Waals surface area (Å²) in [6, 6.07) is 0. The molecule has 0 aliphatic carbocycles. The van der Waals surface area contributed by atoms with E-state index in [1.165, 1.54) is 0 Å². The van der Waals surface area contributed by atoms with Crippen LogP contribution in [0.25, 0.3) is 0 Å². The van der Waals surface area contributed by atoms with Gasteiger partial charge in [-0.2, -0.15) is 0 Å². The molecule has 0 amide bonds. The minimum atomic E-state index is 0.254. The molecule has 0 saturated heterocycles. The Bertz CT molecular complexity index is 248. The Kier molecular flexibility index (Phi) is 2.27. The molecule has 1 heterocycles. The summed E-state index contributed by atoms with van der Waals surface area (Å²) in [5.41, 5.74) is 1.26. The Labute approximate surface area is 74.0 Å². The minimum Gasteiger partial charge on any atom is -0.446 e. The Morgan fingerprint density at radius 1 is 1.25 bits per heavy atom. The van der Waals surface area contributed by atoms with Gasteiger partial charge in [-0.1, -0.05) is 20.8 Å². The SMILES string of the molecule is Cc1nc(CC(C)(C)C)oc1C.